The number of sulfonamides is 1. The van der Waals surface area contributed by atoms with E-state index in [4.69, 9.17) is 11.6 Å². The molecule has 1 N–H and O–H groups in total. The first-order chi connectivity index (χ1) is 9.76. The van der Waals surface area contributed by atoms with Crippen LogP contribution in [0.2, 0.25) is 5.02 Å². The number of halogens is 1. The van der Waals surface area contributed by atoms with Crippen LogP contribution < -0.4 is 5.32 Å². The Morgan fingerprint density at radius 2 is 2.10 bits per heavy atom. The van der Waals surface area contributed by atoms with Gasteiger partial charge in [-0.15, -0.1) is 0 Å². The Kier molecular flexibility index (Phi) is 4.98. The fourth-order valence-corrected chi connectivity index (χ4v) is 4.75. The number of hydrogen-bond acceptors (Lipinski definition) is 3. The summed E-state index contributed by atoms with van der Waals surface area (Å²) in [6.07, 6.45) is 1.96. The third-order valence-electron chi connectivity index (χ3n) is 3.89. The number of benzene rings is 1. The standard InChI is InChI=1S/C15H23ClN2O2S/c1-15(2)7-4-8-18(11-15)21(19,20)13-6-5-12(10-17-3)14(16)9-13/h5-6,9,17H,4,7-8,10-11H2,1-3H3. The van der Waals surface area contributed by atoms with E-state index >= 15 is 0 Å². The van der Waals surface area contributed by atoms with E-state index in [0.717, 1.165) is 18.4 Å². The second kappa shape index (κ2) is 6.24. The van der Waals surface area contributed by atoms with Gasteiger partial charge in [0.25, 0.3) is 0 Å². The van der Waals surface area contributed by atoms with E-state index < -0.39 is 10.0 Å². The summed E-state index contributed by atoms with van der Waals surface area (Å²) in [7, 11) is -1.63. The largest absolute Gasteiger partial charge is 0.316 e. The molecule has 2 rings (SSSR count). The van der Waals surface area contributed by atoms with Crippen LogP contribution in [0.25, 0.3) is 0 Å². The van der Waals surface area contributed by atoms with Crippen molar-refractivity contribution >= 4 is 21.6 Å². The van der Waals surface area contributed by atoms with Gasteiger partial charge >= 0.3 is 0 Å². The van der Waals surface area contributed by atoms with Crippen LogP contribution in [0.3, 0.4) is 0 Å². The van der Waals surface area contributed by atoms with E-state index in [0.29, 0.717) is 24.7 Å². The molecule has 0 aromatic heterocycles. The Balaban J connectivity index is 2.29. The van der Waals surface area contributed by atoms with Gasteiger partial charge in [-0.2, -0.15) is 4.31 Å². The highest BCUT2D eigenvalue weighted by Crippen LogP contribution is 2.32. The lowest BCUT2D eigenvalue weighted by atomic mass is 9.85. The SMILES string of the molecule is CNCc1ccc(S(=O)(=O)N2CCCC(C)(C)C2)cc1Cl. The summed E-state index contributed by atoms with van der Waals surface area (Å²) in [5, 5.41) is 3.50. The number of nitrogens with one attached hydrogen (secondary N) is 1. The third kappa shape index (κ3) is 3.77. The van der Waals surface area contributed by atoms with Gasteiger partial charge < -0.3 is 5.32 Å². The lowest BCUT2D eigenvalue weighted by molar-refractivity contribution is 0.187. The normalized spacial score (nSPS) is 19.6. The molecular weight excluding hydrogens is 308 g/mol. The predicted octanol–water partition coefficient (Wildman–Crippen LogP) is 2.87. The maximum atomic E-state index is 12.7. The number of hydrogen-bond donors (Lipinski definition) is 1. The average Bonchev–Trinajstić information content (AvgIpc) is 2.40. The lowest BCUT2D eigenvalue weighted by Crippen LogP contribution is -2.43. The Labute approximate surface area is 132 Å². The molecule has 0 aliphatic carbocycles. The first-order valence-electron chi connectivity index (χ1n) is 7.19. The highest BCUT2D eigenvalue weighted by molar-refractivity contribution is 7.89. The van der Waals surface area contributed by atoms with Crippen LogP contribution in [-0.2, 0) is 16.6 Å². The van der Waals surface area contributed by atoms with Crippen LogP contribution in [0.4, 0.5) is 0 Å². The van der Waals surface area contributed by atoms with Crippen molar-refractivity contribution in [2.24, 2.45) is 5.41 Å². The number of nitrogens with zero attached hydrogens (tertiary/aromatic N) is 1. The molecule has 1 aromatic carbocycles. The molecule has 0 spiro atoms. The summed E-state index contributed by atoms with van der Waals surface area (Å²) >= 11 is 6.19. The maximum absolute atomic E-state index is 12.7. The van der Waals surface area contributed by atoms with Gasteiger partial charge in [0.05, 0.1) is 4.90 Å². The molecule has 0 atom stereocenters. The van der Waals surface area contributed by atoms with Crippen molar-refractivity contribution in [1.82, 2.24) is 9.62 Å². The molecule has 0 unspecified atom stereocenters. The van der Waals surface area contributed by atoms with E-state index in [-0.39, 0.29) is 10.3 Å². The smallest absolute Gasteiger partial charge is 0.243 e. The van der Waals surface area contributed by atoms with Crippen LogP contribution in [0.1, 0.15) is 32.3 Å². The molecule has 0 radical (unpaired) electrons. The van der Waals surface area contributed by atoms with Gasteiger partial charge in [0.1, 0.15) is 0 Å². The van der Waals surface area contributed by atoms with E-state index in [2.05, 4.69) is 19.2 Å². The molecule has 118 valence electrons. The van der Waals surface area contributed by atoms with Crippen LogP contribution >= 0.6 is 11.6 Å². The molecule has 1 aliphatic rings. The van der Waals surface area contributed by atoms with Crippen molar-refractivity contribution in [3.8, 4) is 0 Å². The molecular formula is C15H23ClN2O2S. The molecule has 1 fully saturated rings. The van der Waals surface area contributed by atoms with Gasteiger partial charge in [-0.3, -0.25) is 0 Å². The monoisotopic (exact) mass is 330 g/mol. The molecule has 0 bridgehead atoms. The molecule has 0 amide bonds. The number of piperidine rings is 1. The molecule has 1 heterocycles. The van der Waals surface area contributed by atoms with Gasteiger partial charge in [0, 0.05) is 24.7 Å². The maximum Gasteiger partial charge on any atom is 0.243 e. The van der Waals surface area contributed by atoms with Gasteiger partial charge in [0.2, 0.25) is 10.0 Å². The zero-order chi connectivity index (χ0) is 15.7. The van der Waals surface area contributed by atoms with Crippen LogP contribution in [0, 0.1) is 5.41 Å². The quantitative estimate of drug-likeness (QED) is 0.923. The first-order valence-corrected chi connectivity index (χ1v) is 9.01. The summed E-state index contributed by atoms with van der Waals surface area (Å²) in [5.74, 6) is 0. The zero-order valence-electron chi connectivity index (χ0n) is 12.8. The molecule has 1 aliphatic heterocycles. The Hall–Kier alpha value is -0.620. The van der Waals surface area contributed by atoms with Gasteiger partial charge in [-0.25, -0.2) is 8.42 Å². The van der Waals surface area contributed by atoms with E-state index in [1.165, 1.54) is 0 Å². The molecule has 4 nitrogen and oxygen atoms in total. The highest BCUT2D eigenvalue weighted by atomic mass is 35.5. The van der Waals surface area contributed by atoms with E-state index in [1.807, 2.05) is 7.05 Å². The minimum Gasteiger partial charge on any atom is -0.316 e. The van der Waals surface area contributed by atoms with Gasteiger partial charge in [0.15, 0.2) is 0 Å². The average molecular weight is 331 g/mol. The summed E-state index contributed by atoms with van der Waals surface area (Å²) in [6, 6.07) is 4.99. The van der Waals surface area contributed by atoms with Gasteiger partial charge in [-0.1, -0.05) is 31.5 Å². The Morgan fingerprint density at radius 1 is 1.38 bits per heavy atom. The first kappa shape index (κ1) is 16.7. The van der Waals surface area contributed by atoms with Crippen molar-refractivity contribution < 1.29 is 8.42 Å². The molecule has 1 saturated heterocycles. The van der Waals surface area contributed by atoms with Gasteiger partial charge in [-0.05, 0) is 43.0 Å². The summed E-state index contributed by atoms with van der Waals surface area (Å²) in [5.41, 5.74) is 0.929. The molecule has 1 aromatic rings. The summed E-state index contributed by atoms with van der Waals surface area (Å²) < 4.78 is 27.1. The molecule has 0 saturated carbocycles. The fourth-order valence-electron chi connectivity index (χ4n) is 2.75. The minimum absolute atomic E-state index is 0.0290. The van der Waals surface area contributed by atoms with Crippen LogP contribution in [0.5, 0.6) is 0 Å². The van der Waals surface area contributed by atoms with Crippen LogP contribution in [-0.4, -0.2) is 32.9 Å². The second-order valence-electron chi connectivity index (χ2n) is 6.39. The van der Waals surface area contributed by atoms with Crippen molar-refractivity contribution in [3.63, 3.8) is 0 Å². The van der Waals surface area contributed by atoms with Crippen molar-refractivity contribution in [1.29, 1.82) is 0 Å². The summed E-state index contributed by atoms with van der Waals surface area (Å²) in [6.45, 7) is 5.98. The van der Waals surface area contributed by atoms with Crippen molar-refractivity contribution in [2.45, 2.75) is 38.1 Å². The Bertz CT molecular complexity index is 614. The second-order valence-corrected chi connectivity index (χ2v) is 8.74. The number of rotatable bonds is 4. The van der Waals surface area contributed by atoms with E-state index in [1.54, 1.807) is 22.5 Å². The van der Waals surface area contributed by atoms with Crippen LogP contribution in [0.15, 0.2) is 23.1 Å². The topological polar surface area (TPSA) is 49.4 Å². The van der Waals surface area contributed by atoms with E-state index in [9.17, 15) is 8.42 Å². The fraction of sp³-hybridized carbons (Fsp3) is 0.600. The zero-order valence-corrected chi connectivity index (χ0v) is 14.4. The summed E-state index contributed by atoms with van der Waals surface area (Å²) in [4.78, 5) is 0.282. The highest BCUT2D eigenvalue weighted by Gasteiger charge is 2.34. The predicted molar refractivity (Wildman–Crippen MR) is 86.0 cm³/mol. The minimum atomic E-state index is -3.46. The molecule has 6 heteroatoms. The molecule has 21 heavy (non-hydrogen) atoms. The Morgan fingerprint density at radius 3 is 2.67 bits per heavy atom. The van der Waals surface area contributed by atoms with Crippen molar-refractivity contribution in [2.75, 3.05) is 20.1 Å². The lowest BCUT2D eigenvalue weighted by Gasteiger charge is -2.37. The van der Waals surface area contributed by atoms with Crippen molar-refractivity contribution in [3.05, 3.63) is 28.8 Å². The third-order valence-corrected chi connectivity index (χ3v) is 6.09.